The van der Waals surface area contributed by atoms with Crippen molar-refractivity contribution in [2.24, 2.45) is 7.05 Å². The molecule has 0 unspecified atom stereocenters. The lowest BCUT2D eigenvalue weighted by Gasteiger charge is -2.19. The fraction of sp³-hybridized carbons (Fsp3) is 0.261. The lowest BCUT2D eigenvalue weighted by molar-refractivity contribution is 0.102. The minimum Gasteiger partial charge on any atom is -0.322 e. The Morgan fingerprint density at radius 3 is 2.34 bits per heavy atom. The Balaban J connectivity index is 1.90. The molecule has 1 aromatic heterocycles. The van der Waals surface area contributed by atoms with E-state index in [2.05, 4.69) is 47.0 Å². The van der Waals surface area contributed by atoms with Crippen LogP contribution in [0.1, 0.15) is 42.3 Å². The van der Waals surface area contributed by atoms with Gasteiger partial charge in [0, 0.05) is 30.1 Å². The van der Waals surface area contributed by atoms with Crippen molar-refractivity contribution in [3.05, 3.63) is 80.3 Å². The Hall–Kier alpha value is -2.73. The molecular weight excluding hydrogens is 430 g/mol. The first-order valence-electron chi connectivity index (χ1n) is 9.33. The Labute approximate surface area is 178 Å². The van der Waals surface area contributed by atoms with E-state index in [1.165, 1.54) is 10.1 Å². The second-order valence-electron chi connectivity index (χ2n) is 8.09. The predicted octanol–water partition coefficient (Wildman–Crippen LogP) is 5.07. The molecule has 0 bridgehead atoms. The van der Waals surface area contributed by atoms with Gasteiger partial charge in [-0.25, -0.2) is 4.98 Å². The zero-order valence-corrected chi connectivity index (χ0v) is 18.8. The van der Waals surface area contributed by atoms with Gasteiger partial charge in [0.25, 0.3) is 11.5 Å². The third-order valence-electron chi connectivity index (χ3n) is 4.90. The van der Waals surface area contributed by atoms with Crippen molar-refractivity contribution >= 4 is 27.5 Å². The minimum absolute atomic E-state index is 0.0387. The van der Waals surface area contributed by atoms with Crippen molar-refractivity contribution in [2.45, 2.75) is 33.1 Å². The van der Waals surface area contributed by atoms with Crippen LogP contribution in [0.2, 0.25) is 0 Å². The van der Waals surface area contributed by atoms with E-state index < -0.39 is 0 Å². The van der Waals surface area contributed by atoms with Crippen molar-refractivity contribution in [1.29, 1.82) is 0 Å². The smallest absolute Gasteiger partial charge is 0.283 e. The van der Waals surface area contributed by atoms with E-state index in [0.29, 0.717) is 16.9 Å². The summed E-state index contributed by atoms with van der Waals surface area (Å²) in [5.74, 6) is -0.166. The van der Waals surface area contributed by atoms with Gasteiger partial charge in [0.15, 0.2) is 4.60 Å². The number of rotatable bonds is 3. The molecule has 0 saturated carbocycles. The van der Waals surface area contributed by atoms with E-state index in [1.54, 1.807) is 13.2 Å². The van der Waals surface area contributed by atoms with Crippen LogP contribution < -0.4 is 10.9 Å². The summed E-state index contributed by atoms with van der Waals surface area (Å²) in [7, 11) is 1.68. The highest BCUT2D eigenvalue weighted by Gasteiger charge is 2.16. The van der Waals surface area contributed by atoms with Gasteiger partial charge in [-0.15, -0.1) is 0 Å². The molecule has 0 saturated heterocycles. The van der Waals surface area contributed by atoms with E-state index in [-0.39, 0.29) is 21.5 Å². The molecule has 29 heavy (non-hydrogen) atoms. The largest absolute Gasteiger partial charge is 0.322 e. The Morgan fingerprint density at radius 2 is 1.76 bits per heavy atom. The van der Waals surface area contributed by atoms with Crippen molar-refractivity contribution in [1.82, 2.24) is 9.55 Å². The summed E-state index contributed by atoms with van der Waals surface area (Å²) in [6, 6.07) is 13.3. The summed E-state index contributed by atoms with van der Waals surface area (Å²) in [6.45, 7) is 8.35. The lowest BCUT2D eigenvalue weighted by atomic mass is 9.86. The van der Waals surface area contributed by atoms with Gasteiger partial charge in [-0.3, -0.25) is 9.59 Å². The number of anilines is 1. The quantitative estimate of drug-likeness (QED) is 0.601. The molecule has 3 aromatic rings. The number of benzene rings is 2. The van der Waals surface area contributed by atoms with Crippen LogP contribution in [0.25, 0.3) is 11.3 Å². The molecule has 2 aromatic carbocycles. The molecule has 0 aliphatic carbocycles. The second-order valence-corrected chi connectivity index (χ2v) is 8.84. The third-order valence-corrected chi connectivity index (χ3v) is 5.42. The van der Waals surface area contributed by atoms with Gasteiger partial charge < -0.3 is 9.88 Å². The lowest BCUT2D eigenvalue weighted by Crippen LogP contribution is -2.18. The normalized spacial score (nSPS) is 11.4. The van der Waals surface area contributed by atoms with E-state index in [4.69, 9.17) is 0 Å². The Bertz CT molecular complexity index is 1100. The fourth-order valence-corrected chi connectivity index (χ4v) is 3.54. The maximum absolute atomic E-state index is 12.7. The van der Waals surface area contributed by atoms with Crippen LogP contribution >= 0.6 is 15.9 Å². The van der Waals surface area contributed by atoms with Gasteiger partial charge >= 0.3 is 0 Å². The number of amides is 1. The van der Waals surface area contributed by atoms with Crippen molar-refractivity contribution in [2.75, 3.05) is 5.32 Å². The molecule has 150 valence electrons. The van der Waals surface area contributed by atoms with Gasteiger partial charge in [0.05, 0.1) is 5.69 Å². The first-order valence-corrected chi connectivity index (χ1v) is 10.1. The van der Waals surface area contributed by atoms with Gasteiger partial charge in [0.1, 0.15) is 0 Å². The average Bonchev–Trinajstić information content (AvgIpc) is 2.66. The molecule has 0 fully saturated rings. The molecule has 0 aliphatic rings. The molecule has 0 spiro atoms. The number of aryl methyl sites for hydroxylation is 1. The molecule has 0 radical (unpaired) electrons. The molecule has 1 amide bonds. The summed E-state index contributed by atoms with van der Waals surface area (Å²) in [5.41, 5.74) is 4.71. The number of hydrogen-bond donors (Lipinski definition) is 1. The zero-order chi connectivity index (χ0) is 21.3. The highest BCUT2D eigenvalue weighted by molar-refractivity contribution is 9.10. The monoisotopic (exact) mass is 453 g/mol. The molecule has 6 heteroatoms. The maximum Gasteiger partial charge on any atom is 0.283 e. The van der Waals surface area contributed by atoms with Crippen molar-refractivity contribution < 1.29 is 4.79 Å². The summed E-state index contributed by atoms with van der Waals surface area (Å²) in [5, 5.41) is 2.99. The highest BCUT2D eigenvalue weighted by Crippen LogP contribution is 2.28. The van der Waals surface area contributed by atoms with Crippen LogP contribution in [0.15, 0.2) is 58.1 Å². The maximum atomic E-state index is 12.7. The third kappa shape index (κ3) is 4.48. The average molecular weight is 454 g/mol. The summed E-state index contributed by atoms with van der Waals surface area (Å²) in [6.07, 6.45) is 1.69. The molecule has 0 aliphatic heterocycles. The van der Waals surface area contributed by atoms with Crippen LogP contribution in [0, 0.1) is 6.92 Å². The number of hydrogen-bond acceptors (Lipinski definition) is 3. The van der Waals surface area contributed by atoms with Gasteiger partial charge in [-0.05, 0) is 57.6 Å². The summed E-state index contributed by atoms with van der Waals surface area (Å²) < 4.78 is 1.73. The Morgan fingerprint density at radius 1 is 1.10 bits per heavy atom. The second kappa shape index (κ2) is 7.95. The molecular formula is C23H24BrN3O2. The number of aromatic nitrogens is 2. The number of carbonyl (C=O) groups is 1. The fourth-order valence-electron chi connectivity index (χ4n) is 3.06. The van der Waals surface area contributed by atoms with E-state index in [9.17, 15) is 9.59 Å². The standard InChI is InChI=1S/C23H24BrN3O2/c1-14-17(19-13-27(5)22(29)20(24)25-19)7-6-8-18(14)26-21(28)15-9-11-16(12-10-15)23(2,3)4/h6-13H,1-5H3,(H,26,28). The van der Waals surface area contributed by atoms with Crippen LogP contribution in [0.4, 0.5) is 5.69 Å². The minimum atomic E-state index is -0.199. The summed E-state index contributed by atoms with van der Waals surface area (Å²) in [4.78, 5) is 29.0. The number of nitrogens with one attached hydrogen (secondary N) is 1. The molecule has 1 heterocycles. The SMILES string of the molecule is Cc1c(NC(=O)c2ccc(C(C)(C)C)cc2)cccc1-c1cn(C)c(=O)c(Br)n1. The number of nitrogens with zero attached hydrogens (tertiary/aromatic N) is 2. The highest BCUT2D eigenvalue weighted by atomic mass is 79.9. The zero-order valence-electron chi connectivity index (χ0n) is 17.2. The molecule has 1 N–H and O–H groups in total. The van der Waals surface area contributed by atoms with Crippen LogP contribution in [-0.4, -0.2) is 15.5 Å². The Kier molecular flexibility index (Phi) is 5.75. The summed E-state index contributed by atoms with van der Waals surface area (Å²) >= 11 is 3.21. The molecule has 5 nitrogen and oxygen atoms in total. The van der Waals surface area contributed by atoms with Crippen molar-refractivity contribution in [3.63, 3.8) is 0 Å². The van der Waals surface area contributed by atoms with E-state index >= 15 is 0 Å². The first-order chi connectivity index (χ1) is 13.6. The predicted molar refractivity (Wildman–Crippen MR) is 120 cm³/mol. The molecule has 3 rings (SSSR count). The van der Waals surface area contributed by atoms with Gasteiger partial charge in [-0.2, -0.15) is 0 Å². The first kappa shape index (κ1) is 21.0. The molecule has 0 atom stereocenters. The van der Waals surface area contributed by atoms with Gasteiger partial charge in [-0.1, -0.05) is 45.0 Å². The van der Waals surface area contributed by atoms with E-state index in [0.717, 1.165) is 11.1 Å². The van der Waals surface area contributed by atoms with Gasteiger partial charge in [0.2, 0.25) is 0 Å². The van der Waals surface area contributed by atoms with Crippen LogP contribution in [0.5, 0.6) is 0 Å². The van der Waals surface area contributed by atoms with Crippen LogP contribution in [0.3, 0.4) is 0 Å². The number of carbonyl (C=O) groups excluding carboxylic acids is 1. The van der Waals surface area contributed by atoms with Crippen molar-refractivity contribution in [3.8, 4) is 11.3 Å². The topological polar surface area (TPSA) is 64.0 Å². The number of halogens is 1. The van der Waals surface area contributed by atoms with Crippen LogP contribution in [-0.2, 0) is 12.5 Å². The van der Waals surface area contributed by atoms with E-state index in [1.807, 2.05) is 49.4 Å².